The Bertz CT molecular complexity index is 143. The predicted molar refractivity (Wildman–Crippen MR) is 62.3 cm³/mol. The molecule has 0 aromatic rings. The first kappa shape index (κ1) is 12.0. The third-order valence-electron chi connectivity index (χ3n) is 3.71. The number of hydrogen-bond acceptors (Lipinski definition) is 2. The lowest BCUT2D eigenvalue weighted by Gasteiger charge is -2.26. The van der Waals surface area contributed by atoms with Crippen LogP contribution in [0.2, 0.25) is 0 Å². The summed E-state index contributed by atoms with van der Waals surface area (Å²) in [7, 11) is 0. The van der Waals surface area contributed by atoms with E-state index in [1.807, 2.05) is 0 Å². The van der Waals surface area contributed by atoms with Gasteiger partial charge in [0, 0.05) is 12.6 Å². The van der Waals surface area contributed by atoms with Crippen LogP contribution in [0.15, 0.2) is 0 Å². The maximum atomic E-state index is 6.03. The van der Waals surface area contributed by atoms with Crippen LogP contribution < -0.4 is 11.1 Å². The Kier molecular flexibility index (Phi) is 5.49. The van der Waals surface area contributed by atoms with Gasteiger partial charge in [0.05, 0.1) is 0 Å². The van der Waals surface area contributed by atoms with Gasteiger partial charge >= 0.3 is 0 Å². The second kappa shape index (κ2) is 6.41. The average molecular weight is 198 g/mol. The molecule has 2 unspecified atom stereocenters. The largest absolute Gasteiger partial charge is 0.326 e. The first-order valence-corrected chi connectivity index (χ1v) is 6.20. The molecule has 1 saturated carbocycles. The number of nitrogens with two attached hydrogens (primary N) is 1. The van der Waals surface area contributed by atoms with E-state index >= 15 is 0 Å². The third kappa shape index (κ3) is 3.97. The molecule has 2 atom stereocenters. The van der Waals surface area contributed by atoms with Crippen molar-refractivity contribution in [1.82, 2.24) is 5.32 Å². The van der Waals surface area contributed by atoms with Gasteiger partial charge in [-0.2, -0.15) is 0 Å². The number of hydrogen-bond donors (Lipinski definition) is 2. The summed E-state index contributed by atoms with van der Waals surface area (Å²) in [6.45, 7) is 6.59. The number of nitrogens with one attached hydrogen (secondary N) is 1. The van der Waals surface area contributed by atoms with Crippen LogP contribution in [0.4, 0.5) is 0 Å². The highest BCUT2D eigenvalue weighted by Gasteiger charge is 2.16. The van der Waals surface area contributed by atoms with E-state index in [0.717, 1.165) is 19.0 Å². The third-order valence-corrected chi connectivity index (χ3v) is 3.71. The van der Waals surface area contributed by atoms with Gasteiger partial charge in [0.15, 0.2) is 0 Å². The molecule has 0 aliphatic heterocycles. The molecular weight excluding hydrogens is 172 g/mol. The highest BCUT2D eigenvalue weighted by Crippen LogP contribution is 2.28. The Hall–Kier alpha value is -0.0800. The van der Waals surface area contributed by atoms with Crippen molar-refractivity contribution in [1.29, 1.82) is 0 Å². The highest BCUT2D eigenvalue weighted by atomic mass is 14.9. The van der Waals surface area contributed by atoms with Crippen molar-refractivity contribution in [2.24, 2.45) is 17.6 Å². The van der Waals surface area contributed by atoms with Crippen LogP contribution >= 0.6 is 0 Å². The summed E-state index contributed by atoms with van der Waals surface area (Å²) in [5, 5.41) is 3.47. The molecule has 14 heavy (non-hydrogen) atoms. The maximum absolute atomic E-state index is 6.03. The van der Waals surface area contributed by atoms with Crippen molar-refractivity contribution >= 4 is 0 Å². The zero-order chi connectivity index (χ0) is 10.4. The van der Waals surface area contributed by atoms with Gasteiger partial charge in [-0.05, 0) is 24.8 Å². The molecule has 84 valence electrons. The minimum absolute atomic E-state index is 0.335. The van der Waals surface area contributed by atoms with Crippen LogP contribution in [0.1, 0.15) is 46.0 Å². The van der Waals surface area contributed by atoms with E-state index in [1.54, 1.807) is 0 Å². The summed E-state index contributed by atoms with van der Waals surface area (Å²) in [5.41, 5.74) is 6.03. The average Bonchev–Trinajstić information content (AvgIpc) is 2.13. The minimum atomic E-state index is 0.335. The molecule has 0 saturated heterocycles. The second-order valence-electron chi connectivity index (χ2n) is 4.84. The summed E-state index contributed by atoms with van der Waals surface area (Å²) in [6.07, 6.45) is 6.91. The maximum Gasteiger partial charge on any atom is 0.0191 e. The van der Waals surface area contributed by atoms with Crippen molar-refractivity contribution in [3.05, 3.63) is 0 Å². The lowest BCUT2D eigenvalue weighted by atomic mass is 9.83. The van der Waals surface area contributed by atoms with Gasteiger partial charge in [-0.1, -0.05) is 39.5 Å². The Balaban J connectivity index is 1.91. The summed E-state index contributed by atoms with van der Waals surface area (Å²) in [6, 6.07) is 0.335. The van der Waals surface area contributed by atoms with Gasteiger partial charge < -0.3 is 11.1 Å². The van der Waals surface area contributed by atoms with Gasteiger partial charge in [-0.3, -0.25) is 0 Å². The first-order valence-electron chi connectivity index (χ1n) is 6.20. The molecule has 2 nitrogen and oxygen atoms in total. The lowest BCUT2D eigenvalue weighted by Crippen LogP contribution is -2.39. The minimum Gasteiger partial charge on any atom is -0.326 e. The van der Waals surface area contributed by atoms with Gasteiger partial charge in [0.2, 0.25) is 0 Å². The fourth-order valence-electron chi connectivity index (χ4n) is 1.86. The van der Waals surface area contributed by atoms with Crippen LogP contribution in [0, 0.1) is 11.8 Å². The second-order valence-corrected chi connectivity index (χ2v) is 4.84. The predicted octanol–water partition coefficient (Wildman–Crippen LogP) is 2.14. The van der Waals surface area contributed by atoms with Gasteiger partial charge in [-0.15, -0.1) is 0 Å². The van der Waals surface area contributed by atoms with Crippen molar-refractivity contribution in [2.75, 3.05) is 13.1 Å². The standard InChI is InChI=1S/C12H26N2/c1-3-10(2)12(13)9-14-8-7-11-5-4-6-11/h10-12,14H,3-9,13H2,1-2H3. The van der Waals surface area contributed by atoms with E-state index in [0.29, 0.717) is 12.0 Å². The molecule has 1 fully saturated rings. The topological polar surface area (TPSA) is 38.0 Å². The molecule has 0 amide bonds. The van der Waals surface area contributed by atoms with Crippen LogP contribution in [-0.2, 0) is 0 Å². The molecule has 3 N–H and O–H groups in total. The normalized spacial score (nSPS) is 21.6. The summed E-state index contributed by atoms with van der Waals surface area (Å²) in [5.74, 6) is 1.66. The quantitative estimate of drug-likeness (QED) is 0.615. The molecule has 1 aliphatic carbocycles. The molecule has 0 aromatic carbocycles. The molecule has 1 aliphatic rings. The zero-order valence-corrected chi connectivity index (χ0v) is 9.76. The Morgan fingerprint density at radius 1 is 1.43 bits per heavy atom. The van der Waals surface area contributed by atoms with Crippen LogP contribution in [0.3, 0.4) is 0 Å². The molecule has 1 rings (SSSR count). The zero-order valence-electron chi connectivity index (χ0n) is 9.76. The molecule has 0 radical (unpaired) electrons. The van der Waals surface area contributed by atoms with Gasteiger partial charge in [0.25, 0.3) is 0 Å². The Morgan fingerprint density at radius 3 is 2.64 bits per heavy atom. The molecule has 0 aromatic heterocycles. The molecule has 0 bridgehead atoms. The van der Waals surface area contributed by atoms with Crippen molar-refractivity contribution in [3.63, 3.8) is 0 Å². The fraction of sp³-hybridized carbons (Fsp3) is 1.00. The van der Waals surface area contributed by atoms with E-state index in [4.69, 9.17) is 5.73 Å². The SMILES string of the molecule is CCC(C)C(N)CNCCC1CCC1. The Morgan fingerprint density at radius 2 is 2.14 bits per heavy atom. The monoisotopic (exact) mass is 198 g/mol. The van der Waals surface area contributed by atoms with E-state index in [-0.39, 0.29) is 0 Å². The smallest absolute Gasteiger partial charge is 0.0191 e. The summed E-state index contributed by atoms with van der Waals surface area (Å²) in [4.78, 5) is 0. The fourth-order valence-corrected chi connectivity index (χ4v) is 1.86. The van der Waals surface area contributed by atoms with Crippen molar-refractivity contribution < 1.29 is 0 Å². The highest BCUT2D eigenvalue weighted by molar-refractivity contribution is 4.73. The van der Waals surface area contributed by atoms with Crippen LogP contribution in [-0.4, -0.2) is 19.1 Å². The van der Waals surface area contributed by atoms with Gasteiger partial charge in [0.1, 0.15) is 0 Å². The lowest BCUT2D eigenvalue weighted by molar-refractivity contribution is 0.289. The van der Waals surface area contributed by atoms with Crippen LogP contribution in [0.25, 0.3) is 0 Å². The number of rotatable bonds is 7. The van der Waals surface area contributed by atoms with Crippen LogP contribution in [0.5, 0.6) is 0 Å². The molecular formula is C12H26N2. The molecule has 0 heterocycles. The van der Waals surface area contributed by atoms with Crippen molar-refractivity contribution in [2.45, 2.75) is 52.0 Å². The van der Waals surface area contributed by atoms with Crippen molar-refractivity contribution in [3.8, 4) is 0 Å². The molecule has 0 spiro atoms. The summed E-state index contributed by atoms with van der Waals surface area (Å²) >= 11 is 0. The van der Waals surface area contributed by atoms with Gasteiger partial charge in [-0.25, -0.2) is 0 Å². The van der Waals surface area contributed by atoms with E-state index in [1.165, 1.54) is 32.1 Å². The first-order chi connectivity index (χ1) is 6.74. The molecule has 2 heteroatoms. The summed E-state index contributed by atoms with van der Waals surface area (Å²) < 4.78 is 0. The van der Waals surface area contributed by atoms with E-state index < -0.39 is 0 Å². The van der Waals surface area contributed by atoms with E-state index in [9.17, 15) is 0 Å². The van der Waals surface area contributed by atoms with E-state index in [2.05, 4.69) is 19.2 Å². The Labute approximate surface area is 88.6 Å².